The Hall–Kier alpha value is -2.58. The van der Waals surface area contributed by atoms with Crippen LogP contribution >= 0.6 is 11.8 Å². The third kappa shape index (κ3) is 4.81. The second-order valence-corrected chi connectivity index (χ2v) is 12.7. The van der Waals surface area contributed by atoms with Gasteiger partial charge in [0.1, 0.15) is 12.6 Å². The van der Waals surface area contributed by atoms with Crippen LogP contribution in [0.15, 0.2) is 55.6 Å². The highest BCUT2D eigenvalue weighted by molar-refractivity contribution is 8.02. The zero-order chi connectivity index (χ0) is 27.5. The molecule has 38 heavy (non-hydrogen) atoms. The summed E-state index contributed by atoms with van der Waals surface area (Å²) >= 11 is 1.62. The lowest BCUT2D eigenvalue weighted by molar-refractivity contribution is -0.155. The van der Waals surface area contributed by atoms with Gasteiger partial charge in [0.2, 0.25) is 11.8 Å². The zero-order valence-corrected chi connectivity index (χ0v) is 23.3. The van der Waals surface area contributed by atoms with E-state index >= 15 is 0 Å². The van der Waals surface area contributed by atoms with E-state index in [4.69, 9.17) is 4.74 Å². The van der Waals surface area contributed by atoms with Crippen LogP contribution < -0.4 is 0 Å². The summed E-state index contributed by atoms with van der Waals surface area (Å²) in [6, 6.07) is 8.32. The van der Waals surface area contributed by atoms with E-state index < -0.39 is 39.4 Å². The van der Waals surface area contributed by atoms with Crippen molar-refractivity contribution in [2.45, 2.75) is 67.5 Å². The average Bonchev–Trinajstić information content (AvgIpc) is 3.49. The van der Waals surface area contributed by atoms with Gasteiger partial charge in [-0.25, -0.2) is 0 Å². The number of rotatable bonds is 13. The maximum atomic E-state index is 14.4. The Kier molecular flexibility index (Phi) is 8.72. The Labute approximate surface area is 230 Å². The van der Waals surface area contributed by atoms with E-state index in [1.807, 2.05) is 37.3 Å². The molecule has 3 heterocycles. The third-order valence-corrected chi connectivity index (χ3v) is 10.4. The maximum absolute atomic E-state index is 14.4. The summed E-state index contributed by atoms with van der Waals surface area (Å²) in [6.07, 6.45) is 6.79. The van der Waals surface area contributed by atoms with Crippen LogP contribution in [0.5, 0.6) is 0 Å². The minimum atomic E-state index is -0.776. The summed E-state index contributed by atoms with van der Waals surface area (Å²) < 4.78 is 4.25. The van der Waals surface area contributed by atoms with Gasteiger partial charge in [0.15, 0.2) is 0 Å². The average molecular weight is 541 g/mol. The van der Waals surface area contributed by atoms with E-state index in [0.717, 1.165) is 18.4 Å². The van der Waals surface area contributed by atoms with Gasteiger partial charge in [0.25, 0.3) is 0 Å². The molecule has 7 nitrogen and oxygen atoms in total. The van der Waals surface area contributed by atoms with Gasteiger partial charge in [-0.15, -0.1) is 18.3 Å². The summed E-state index contributed by atoms with van der Waals surface area (Å²) in [4.78, 5) is 45.6. The minimum Gasteiger partial charge on any atom is -0.461 e. The van der Waals surface area contributed by atoms with Crippen molar-refractivity contribution in [3.8, 4) is 0 Å². The number of esters is 1. The van der Waals surface area contributed by atoms with Gasteiger partial charge in [0, 0.05) is 17.8 Å². The lowest BCUT2D eigenvalue weighted by Crippen LogP contribution is -2.58. The fraction of sp³-hybridized carbons (Fsp3) is 0.567. The summed E-state index contributed by atoms with van der Waals surface area (Å²) in [7, 11) is 0. The first-order chi connectivity index (χ1) is 18.3. The lowest BCUT2D eigenvalue weighted by atomic mass is 9.66. The Balaban J connectivity index is 1.79. The molecule has 0 aliphatic carbocycles. The van der Waals surface area contributed by atoms with Crippen molar-refractivity contribution in [2.24, 2.45) is 11.8 Å². The van der Waals surface area contributed by atoms with E-state index in [9.17, 15) is 19.5 Å². The van der Waals surface area contributed by atoms with Crippen molar-refractivity contribution in [1.82, 2.24) is 9.80 Å². The smallest absolute Gasteiger partial charge is 0.311 e. The van der Waals surface area contributed by atoms with E-state index in [1.54, 1.807) is 27.6 Å². The van der Waals surface area contributed by atoms with Crippen LogP contribution in [0, 0.1) is 11.8 Å². The number of amides is 2. The molecule has 1 aromatic carbocycles. The van der Waals surface area contributed by atoms with Crippen molar-refractivity contribution >= 4 is 29.5 Å². The van der Waals surface area contributed by atoms with Gasteiger partial charge >= 0.3 is 5.97 Å². The highest BCUT2D eigenvalue weighted by Gasteiger charge is 2.78. The van der Waals surface area contributed by atoms with Crippen LogP contribution in [0.2, 0.25) is 0 Å². The first-order valence-corrected chi connectivity index (χ1v) is 14.4. The number of carbonyl (C=O) groups excluding carboxylic acids is 3. The van der Waals surface area contributed by atoms with Crippen molar-refractivity contribution in [1.29, 1.82) is 0 Å². The number of benzene rings is 1. The maximum Gasteiger partial charge on any atom is 0.311 e. The minimum absolute atomic E-state index is 0.0769. The van der Waals surface area contributed by atoms with Crippen molar-refractivity contribution in [3.05, 3.63) is 61.2 Å². The molecule has 0 saturated carbocycles. The fourth-order valence-electron chi connectivity index (χ4n) is 6.73. The normalized spacial score (nSPS) is 30.1. The largest absolute Gasteiger partial charge is 0.461 e. The number of ether oxygens (including phenoxy) is 1. The molecule has 4 rings (SSSR count). The van der Waals surface area contributed by atoms with Crippen LogP contribution in [-0.4, -0.2) is 80.6 Å². The molecule has 0 radical (unpaired) electrons. The van der Waals surface area contributed by atoms with Gasteiger partial charge in [-0.1, -0.05) is 62.4 Å². The monoisotopic (exact) mass is 540 g/mol. The first kappa shape index (κ1) is 28.4. The highest BCUT2D eigenvalue weighted by Crippen LogP contribution is 2.71. The van der Waals surface area contributed by atoms with E-state index in [0.29, 0.717) is 32.4 Å². The summed E-state index contributed by atoms with van der Waals surface area (Å²) in [6.45, 7) is 12.3. The SMILES string of the molecule is C=CCOC(=O)[C@@H]1[C@H]2C(=O)N([C@@H](CO)Cc3ccccc3)C(C(=O)N(CC=C)CCCC)C23CC[C@@]1(C)S3. The van der Waals surface area contributed by atoms with Gasteiger partial charge < -0.3 is 19.6 Å². The van der Waals surface area contributed by atoms with Crippen LogP contribution in [0.3, 0.4) is 0 Å². The van der Waals surface area contributed by atoms with Crippen molar-refractivity contribution in [3.63, 3.8) is 0 Å². The van der Waals surface area contributed by atoms with Gasteiger partial charge in [-0.05, 0) is 38.2 Å². The molecule has 2 bridgehead atoms. The number of carbonyl (C=O) groups is 3. The fourth-order valence-corrected chi connectivity index (χ4v) is 9.06. The Morgan fingerprint density at radius 3 is 2.63 bits per heavy atom. The van der Waals surface area contributed by atoms with E-state index in [-0.39, 0.29) is 25.0 Å². The number of likely N-dealkylation sites (tertiary alicyclic amines) is 1. The molecule has 3 aliphatic heterocycles. The Morgan fingerprint density at radius 2 is 2.00 bits per heavy atom. The number of aliphatic hydroxyl groups is 1. The molecule has 1 N–H and O–H groups in total. The van der Waals surface area contributed by atoms with Crippen LogP contribution in [0.1, 0.15) is 45.1 Å². The molecule has 3 aliphatic rings. The van der Waals surface area contributed by atoms with E-state index in [1.165, 1.54) is 6.08 Å². The standard InChI is InChI=1S/C30H40N2O5S/c1-5-8-17-31(16-6-2)27(35)25-30-15-14-29(4,38-30)24(28(36)37-18-7-3)23(30)26(34)32(25)22(20-33)19-21-12-10-9-11-13-21/h6-7,9-13,22-25,33H,2-3,5,8,14-20H2,1,4H3/t22-,23+,24+,25?,29-,30?/m1/s1. The molecule has 3 saturated heterocycles. The van der Waals surface area contributed by atoms with Gasteiger partial charge in [-0.3, -0.25) is 14.4 Å². The predicted octanol–water partition coefficient (Wildman–Crippen LogP) is 3.62. The molecule has 1 spiro atoms. The molecule has 2 amide bonds. The molecule has 6 atom stereocenters. The number of thioether (sulfide) groups is 1. The third-order valence-electron chi connectivity index (χ3n) is 8.41. The summed E-state index contributed by atoms with van der Waals surface area (Å²) in [5.74, 6) is -2.11. The van der Waals surface area contributed by atoms with Crippen LogP contribution in [-0.2, 0) is 25.5 Å². The Morgan fingerprint density at radius 1 is 1.26 bits per heavy atom. The molecule has 1 aromatic rings. The van der Waals surface area contributed by atoms with Crippen molar-refractivity contribution in [2.75, 3.05) is 26.3 Å². The highest BCUT2D eigenvalue weighted by atomic mass is 32.2. The second kappa shape index (κ2) is 11.7. The lowest BCUT2D eigenvalue weighted by Gasteiger charge is -2.39. The number of unbranched alkanes of at least 4 members (excludes halogenated alkanes) is 1. The van der Waals surface area contributed by atoms with Gasteiger partial charge in [-0.2, -0.15) is 0 Å². The number of hydrogen-bond acceptors (Lipinski definition) is 6. The Bertz CT molecular complexity index is 1060. The molecular weight excluding hydrogens is 500 g/mol. The molecule has 8 heteroatoms. The molecule has 2 unspecified atom stereocenters. The van der Waals surface area contributed by atoms with Crippen LogP contribution in [0.4, 0.5) is 0 Å². The number of fused-ring (bicyclic) bond motifs is 1. The molecular formula is C30H40N2O5S. The van der Waals surface area contributed by atoms with Crippen molar-refractivity contribution < 1.29 is 24.2 Å². The zero-order valence-electron chi connectivity index (χ0n) is 22.5. The van der Waals surface area contributed by atoms with Gasteiger partial charge in [0.05, 0.1) is 29.2 Å². The topological polar surface area (TPSA) is 87.1 Å². The van der Waals surface area contributed by atoms with E-state index in [2.05, 4.69) is 20.1 Å². The molecule has 206 valence electrons. The molecule has 3 fully saturated rings. The molecule has 0 aromatic heterocycles. The first-order valence-electron chi connectivity index (χ1n) is 13.6. The number of hydrogen-bond donors (Lipinski definition) is 1. The van der Waals surface area contributed by atoms with Crippen LogP contribution in [0.25, 0.3) is 0 Å². The summed E-state index contributed by atoms with van der Waals surface area (Å²) in [5.41, 5.74) is 0.972. The number of nitrogens with zero attached hydrogens (tertiary/aromatic N) is 2. The summed E-state index contributed by atoms with van der Waals surface area (Å²) in [5, 5.41) is 10.6. The quantitative estimate of drug-likeness (QED) is 0.304. The number of aliphatic hydroxyl groups excluding tert-OH is 1. The predicted molar refractivity (Wildman–Crippen MR) is 149 cm³/mol. The second-order valence-electron chi connectivity index (χ2n) is 10.8.